The molecule has 0 aliphatic rings. The maximum Gasteiger partial charge on any atom is 0.101 e. The highest BCUT2D eigenvalue weighted by molar-refractivity contribution is 7.49. The van der Waals surface area contributed by atoms with Crippen molar-refractivity contribution in [1.82, 2.24) is 4.67 Å². The lowest BCUT2D eigenvalue weighted by atomic mass is 10.0. The Bertz CT molecular complexity index is 281. The van der Waals surface area contributed by atoms with Gasteiger partial charge in [0, 0.05) is 13.5 Å². The minimum atomic E-state index is -0.440. The molecule has 0 saturated carbocycles. The van der Waals surface area contributed by atoms with Crippen LogP contribution in [0.15, 0.2) is 0 Å². The zero-order chi connectivity index (χ0) is 19.6. The van der Waals surface area contributed by atoms with Gasteiger partial charge in [0.25, 0.3) is 0 Å². The Morgan fingerprint density at radius 3 is 1.52 bits per heavy atom. The van der Waals surface area contributed by atoms with Crippen molar-refractivity contribution in [1.29, 1.82) is 0 Å². The Morgan fingerprint density at radius 1 is 0.720 bits per heavy atom. The lowest BCUT2D eigenvalue weighted by Gasteiger charge is -2.35. The van der Waals surface area contributed by atoms with Gasteiger partial charge in [-0.05, 0) is 40.8 Å². The van der Waals surface area contributed by atoms with Crippen molar-refractivity contribution in [2.45, 2.75) is 130 Å². The summed E-state index contributed by atoms with van der Waals surface area (Å²) < 4.78 is 15.7. The SMILES string of the molecule is [3H]CCCCCCCCCCCCCCCOP(C)N(C(C)C)C(C)C. The Hall–Kier alpha value is 0.350. The van der Waals surface area contributed by atoms with Crippen LogP contribution >= 0.6 is 8.30 Å². The number of hydrogen-bond donors (Lipinski definition) is 0. The predicted octanol–water partition coefficient (Wildman–Crippen LogP) is 8.15. The highest BCUT2D eigenvalue weighted by Gasteiger charge is 2.20. The fourth-order valence-electron chi connectivity index (χ4n) is 3.56. The average Bonchev–Trinajstić information content (AvgIpc) is 2.57. The van der Waals surface area contributed by atoms with E-state index in [0.717, 1.165) is 13.0 Å². The summed E-state index contributed by atoms with van der Waals surface area (Å²) in [7, 11) is -0.440. The third-order valence-corrected chi connectivity index (χ3v) is 6.94. The van der Waals surface area contributed by atoms with Crippen LogP contribution in [0.3, 0.4) is 0 Å². The van der Waals surface area contributed by atoms with Gasteiger partial charge in [-0.25, -0.2) is 0 Å². The Morgan fingerprint density at radius 2 is 1.12 bits per heavy atom. The average molecular weight is 376 g/mol. The molecule has 0 fully saturated rings. The van der Waals surface area contributed by atoms with Crippen molar-refractivity contribution in [3.05, 3.63) is 0 Å². The summed E-state index contributed by atoms with van der Waals surface area (Å²) >= 11 is 0. The van der Waals surface area contributed by atoms with E-state index >= 15 is 0 Å². The van der Waals surface area contributed by atoms with Gasteiger partial charge in [-0.2, -0.15) is 0 Å². The molecule has 0 N–H and O–H groups in total. The minimum absolute atomic E-state index is 0.440. The van der Waals surface area contributed by atoms with E-state index < -0.39 is 8.30 Å². The zero-order valence-corrected chi connectivity index (χ0v) is 19.0. The van der Waals surface area contributed by atoms with Gasteiger partial charge in [0.2, 0.25) is 0 Å². The molecule has 0 aliphatic carbocycles. The maximum absolute atomic E-state index is 7.12. The molecule has 0 aromatic heterocycles. The van der Waals surface area contributed by atoms with E-state index in [-0.39, 0.29) is 0 Å². The summed E-state index contributed by atoms with van der Waals surface area (Å²) in [6.45, 7) is 12.9. The molecule has 0 saturated heterocycles. The van der Waals surface area contributed by atoms with Gasteiger partial charge in [-0.3, -0.25) is 4.67 Å². The number of nitrogens with zero attached hydrogens (tertiary/aromatic N) is 1. The highest BCUT2D eigenvalue weighted by atomic mass is 31.2. The van der Waals surface area contributed by atoms with Crippen molar-refractivity contribution in [2.75, 3.05) is 13.3 Å². The van der Waals surface area contributed by atoms with Gasteiger partial charge >= 0.3 is 0 Å². The van der Waals surface area contributed by atoms with Crippen LogP contribution in [0.25, 0.3) is 0 Å². The molecule has 0 spiro atoms. The molecular weight excluding hydrogens is 325 g/mol. The van der Waals surface area contributed by atoms with E-state index in [1.807, 2.05) is 0 Å². The lowest BCUT2D eigenvalue weighted by molar-refractivity contribution is 0.252. The molecule has 0 aromatic rings. The summed E-state index contributed by atoms with van der Waals surface area (Å²) in [5.41, 5.74) is 0. The van der Waals surface area contributed by atoms with Crippen LogP contribution in [0.1, 0.15) is 119 Å². The van der Waals surface area contributed by atoms with Crippen molar-refractivity contribution >= 4 is 8.30 Å². The molecule has 0 radical (unpaired) electrons. The first-order valence-corrected chi connectivity index (χ1v) is 12.6. The molecule has 3 heteroatoms. The molecule has 0 amide bonds. The van der Waals surface area contributed by atoms with Crippen LogP contribution in [0.4, 0.5) is 0 Å². The lowest BCUT2D eigenvalue weighted by Crippen LogP contribution is -2.32. The van der Waals surface area contributed by atoms with Crippen molar-refractivity contribution in [3.8, 4) is 0 Å². The number of unbranched alkanes of at least 4 members (excludes halogenated alkanes) is 12. The molecule has 0 bridgehead atoms. The third-order valence-electron chi connectivity index (χ3n) is 4.81. The summed E-state index contributed by atoms with van der Waals surface area (Å²) in [5.74, 6) is 0. The molecule has 152 valence electrons. The Labute approximate surface area is 162 Å². The molecule has 0 aliphatic heterocycles. The second-order valence-electron chi connectivity index (χ2n) is 7.96. The molecule has 25 heavy (non-hydrogen) atoms. The van der Waals surface area contributed by atoms with Gasteiger partial charge in [0.1, 0.15) is 8.30 Å². The Balaban J connectivity index is 3.33. The van der Waals surface area contributed by atoms with Crippen LogP contribution in [0.2, 0.25) is 0 Å². The Kier molecular flexibility index (Phi) is 16.6. The van der Waals surface area contributed by atoms with Crippen molar-refractivity contribution in [3.63, 3.8) is 0 Å². The molecule has 1 atom stereocenters. The van der Waals surface area contributed by atoms with E-state index in [1.54, 1.807) is 0 Å². The maximum atomic E-state index is 7.12. The quantitative estimate of drug-likeness (QED) is 0.177. The summed E-state index contributed by atoms with van der Waals surface area (Å²) in [5, 5.41) is 0. The topological polar surface area (TPSA) is 12.5 Å². The number of rotatable bonds is 18. The normalized spacial score (nSPS) is 13.8. The summed E-state index contributed by atoms with van der Waals surface area (Å²) in [6, 6.07) is 1.13. The van der Waals surface area contributed by atoms with Gasteiger partial charge in [0.05, 0.1) is 6.61 Å². The predicted molar refractivity (Wildman–Crippen MR) is 117 cm³/mol. The highest BCUT2D eigenvalue weighted by Crippen LogP contribution is 2.40. The second kappa shape index (κ2) is 17.7. The largest absolute Gasteiger partial charge is 0.344 e. The molecule has 0 heterocycles. The minimum Gasteiger partial charge on any atom is -0.344 e. The molecule has 2 nitrogen and oxygen atoms in total. The van der Waals surface area contributed by atoms with E-state index in [1.165, 1.54) is 77.0 Å². The van der Waals surface area contributed by atoms with E-state index in [2.05, 4.69) is 39.0 Å². The van der Waals surface area contributed by atoms with Crippen LogP contribution in [-0.2, 0) is 4.52 Å². The molecular formula is C22H48NOP. The summed E-state index contributed by atoms with van der Waals surface area (Å²) in [6.07, 6.45) is 17.5. The monoisotopic (exact) mass is 375 g/mol. The van der Waals surface area contributed by atoms with Crippen LogP contribution in [-0.4, -0.2) is 30.0 Å². The van der Waals surface area contributed by atoms with E-state index in [9.17, 15) is 0 Å². The standard InChI is InChI=1S/C22H48NOP/c1-7-8-9-10-11-12-13-14-15-16-17-18-19-20-24-25(6)23(21(2)3)22(4)5/h21-22H,7-20H2,1-6H3/i1T. The smallest absolute Gasteiger partial charge is 0.101 e. The first-order chi connectivity index (χ1) is 12.5. The first kappa shape index (κ1) is 23.4. The number of hydrogen-bond acceptors (Lipinski definition) is 2. The second-order valence-corrected chi connectivity index (χ2v) is 9.61. The summed E-state index contributed by atoms with van der Waals surface area (Å²) in [4.78, 5) is 0. The molecule has 0 aromatic carbocycles. The molecule has 1 unspecified atom stereocenters. The van der Waals surface area contributed by atoms with Gasteiger partial charge < -0.3 is 4.52 Å². The van der Waals surface area contributed by atoms with Crippen molar-refractivity contribution in [2.24, 2.45) is 0 Å². The third kappa shape index (κ3) is 15.1. The van der Waals surface area contributed by atoms with Crippen LogP contribution < -0.4 is 0 Å². The fraction of sp³-hybridized carbons (Fsp3) is 1.00. The van der Waals surface area contributed by atoms with Gasteiger partial charge in [-0.1, -0.05) is 83.9 Å². The first-order valence-electron chi connectivity index (χ1n) is 11.7. The van der Waals surface area contributed by atoms with E-state index in [4.69, 9.17) is 5.89 Å². The zero-order valence-electron chi connectivity index (χ0n) is 19.1. The molecule has 0 rings (SSSR count). The fourth-order valence-corrected chi connectivity index (χ4v) is 5.38. The van der Waals surface area contributed by atoms with Gasteiger partial charge in [0.15, 0.2) is 0 Å². The van der Waals surface area contributed by atoms with Crippen LogP contribution in [0.5, 0.6) is 0 Å². The van der Waals surface area contributed by atoms with Gasteiger partial charge in [-0.15, -0.1) is 0 Å². The van der Waals surface area contributed by atoms with E-state index in [0.29, 0.717) is 19.0 Å². The van der Waals surface area contributed by atoms with Crippen molar-refractivity contribution < 1.29 is 5.89 Å². The van der Waals surface area contributed by atoms with Crippen LogP contribution in [0, 0.1) is 0 Å².